The Morgan fingerprint density at radius 2 is 1.55 bits per heavy atom. The van der Waals surface area contributed by atoms with Crippen LogP contribution < -0.4 is 0 Å². The first-order valence-corrected chi connectivity index (χ1v) is 7.25. The SMILES string of the molecule is CC(C)c1cc(C(C)(C)C)cc(C(C)(C)C)c1N=C=O. The summed E-state index contributed by atoms with van der Waals surface area (Å²) in [7, 11) is 0. The van der Waals surface area contributed by atoms with Crippen LogP contribution in [-0.2, 0) is 15.6 Å². The molecule has 0 amide bonds. The summed E-state index contributed by atoms with van der Waals surface area (Å²) in [6.45, 7) is 17.4. The van der Waals surface area contributed by atoms with Crippen molar-refractivity contribution >= 4 is 11.8 Å². The highest BCUT2D eigenvalue weighted by atomic mass is 16.1. The number of rotatable bonds is 2. The van der Waals surface area contributed by atoms with E-state index in [4.69, 9.17) is 0 Å². The van der Waals surface area contributed by atoms with Gasteiger partial charge in [0.05, 0.1) is 5.69 Å². The van der Waals surface area contributed by atoms with E-state index in [0.717, 1.165) is 16.8 Å². The summed E-state index contributed by atoms with van der Waals surface area (Å²) in [5.41, 5.74) is 4.36. The van der Waals surface area contributed by atoms with Crippen LogP contribution in [0.15, 0.2) is 17.1 Å². The molecule has 0 unspecified atom stereocenters. The number of aliphatic imine (C=N–C) groups is 1. The summed E-state index contributed by atoms with van der Waals surface area (Å²) in [6, 6.07) is 4.39. The lowest BCUT2D eigenvalue weighted by Gasteiger charge is -2.28. The van der Waals surface area contributed by atoms with E-state index >= 15 is 0 Å². The quantitative estimate of drug-likeness (QED) is 0.526. The molecule has 1 aromatic carbocycles. The molecule has 2 nitrogen and oxygen atoms in total. The molecule has 0 N–H and O–H groups in total. The Bertz CT molecular complexity index is 536. The summed E-state index contributed by atoms with van der Waals surface area (Å²) < 4.78 is 0. The van der Waals surface area contributed by atoms with E-state index in [-0.39, 0.29) is 10.8 Å². The first-order valence-electron chi connectivity index (χ1n) is 7.25. The highest BCUT2D eigenvalue weighted by molar-refractivity contribution is 5.63. The maximum absolute atomic E-state index is 10.8. The minimum atomic E-state index is -0.0550. The third-order valence-electron chi connectivity index (χ3n) is 3.59. The molecule has 0 aromatic heterocycles. The maximum Gasteiger partial charge on any atom is 0.240 e. The fourth-order valence-electron chi connectivity index (χ4n) is 2.27. The Morgan fingerprint density at radius 3 is 1.90 bits per heavy atom. The molecule has 0 aliphatic carbocycles. The third kappa shape index (κ3) is 3.58. The summed E-state index contributed by atoms with van der Waals surface area (Å²) in [6.07, 6.45) is 1.72. The second-order valence-electron chi connectivity index (χ2n) is 7.82. The molecule has 0 atom stereocenters. The van der Waals surface area contributed by atoms with Crippen molar-refractivity contribution < 1.29 is 4.79 Å². The topological polar surface area (TPSA) is 29.4 Å². The van der Waals surface area contributed by atoms with Crippen molar-refractivity contribution in [3.8, 4) is 0 Å². The van der Waals surface area contributed by atoms with Gasteiger partial charge in [0.25, 0.3) is 0 Å². The van der Waals surface area contributed by atoms with E-state index in [1.54, 1.807) is 6.08 Å². The van der Waals surface area contributed by atoms with Crippen LogP contribution in [0.5, 0.6) is 0 Å². The van der Waals surface area contributed by atoms with Gasteiger partial charge in [-0.05, 0) is 33.4 Å². The van der Waals surface area contributed by atoms with Crippen molar-refractivity contribution in [3.63, 3.8) is 0 Å². The van der Waals surface area contributed by atoms with Gasteiger partial charge in [0, 0.05) is 0 Å². The minimum absolute atomic E-state index is 0.0550. The Balaban J connectivity index is 3.78. The van der Waals surface area contributed by atoms with Crippen LogP contribution in [0.1, 0.15) is 78.0 Å². The second kappa shape index (κ2) is 5.54. The Kier molecular flexibility index (Phi) is 4.61. The average molecular weight is 273 g/mol. The van der Waals surface area contributed by atoms with Gasteiger partial charge in [-0.3, -0.25) is 0 Å². The molecule has 1 rings (SSSR count). The molecule has 0 aliphatic rings. The smallest absolute Gasteiger partial charge is 0.211 e. The Hall–Kier alpha value is -1.40. The molecule has 2 heteroatoms. The molecule has 20 heavy (non-hydrogen) atoms. The van der Waals surface area contributed by atoms with E-state index in [1.807, 2.05) is 0 Å². The molecule has 0 aliphatic heterocycles. The third-order valence-corrected chi connectivity index (χ3v) is 3.59. The first-order chi connectivity index (χ1) is 8.98. The lowest BCUT2D eigenvalue weighted by Crippen LogP contribution is -2.18. The zero-order chi connectivity index (χ0) is 15.7. The van der Waals surface area contributed by atoms with Crippen molar-refractivity contribution in [3.05, 3.63) is 28.8 Å². The highest BCUT2D eigenvalue weighted by Crippen LogP contribution is 2.40. The lowest BCUT2D eigenvalue weighted by atomic mass is 9.77. The fraction of sp³-hybridized carbons (Fsp3) is 0.611. The zero-order valence-electron chi connectivity index (χ0n) is 14.1. The van der Waals surface area contributed by atoms with E-state index in [9.17, 15) is 4.79 Å². The Labute approximate surface area is 123 Å². The molecule has 0 spiro atoms. The van der Waals surface area contributed by atoms with Crippen molar-refractivity contribution in [2.75, 3.05) is 0 Å². The summed E-state index contributed by atoms with van der Waals surface area (Å²) in [5, 5.41) is 0. The van der Waals surface area contributed by atoms with Gasteiger partial charge < -0.3 is 0 Å². The van der Waals surface area contributed by atoms with Gasteiger partial charge in [0.2, 0.25) is 6.08 Å². The summed E-state index contributed by atoms with van der Waals surface area (Å²) in [4.78, 5) is 14.8. The molecule has 1 aromatic rings. The number of hydrogen-bond donors (Lipinski definition) is 0. The molecular formula is C18H27NO. The predicted octanol–water partition coefficient (Wildman–Crippen LogP) is 5.37. The van der Waals surface area contributed by atoms with Crippen LogP contribution in [-0.4, -0.2) is 6.08 Å². The van der Waals surface area contributed by atoms with Crippen molar-refractivity contribution in [1.82, 2.24) is 0 Å². The molecule has 0 saturated heterocycles. The second-order valence-corrected chi connectivity index (χ2v) is 7.82. The zero-order valence-corrected chi connectivity index (χ0v) is 14.1. The monoisotopic (exact) mass is 273 g/mol. The lowest BCUT2D eigenvalue weighted by molar-refractivity contribution is 0.561. The highest BCUT2D eigenvalue weighted by Gasteiger charge is 2.25. The molecular weight excluding hydrogens is 246 g/mol. The molecule has 0 bridgehead atoms. The van der Waals surface area contributed by atoms with Crippen LogP contribution in [0.4, 0.5) is 5.69 Å². The molecule has 0 fully saturated rings. The molecule has 0 radical (unpaired) electrons. The number of carbonyl (C=O) groups excluding carboxylic acids is 1. The van der Waals surface area contributed by atoms with Gasteiger partial charge >= 0.3 is 0 Å². The van der Waals surface area contributed by atoms with Crippen molar-refractivity contribution in [1.29, 1.82) is 0 Å². The standard InChI is InChI=1S/C18H27NO/c1-12(2)14-9-13(17(3,4)5)10-15(18(6,7)8)16(14)19-11-20/h9-10,12H,1-8H3. The van der Waals surface area contributed by atoms with Gasteiger partial charge in [-0.15, -0.1) is 0 Å². The molecule has 110 valence electrons. The number of isocyanates is 1. The largest absolute Gasteiger partial charge is 0.240 e. The van der Waals surface area contributed by atoms with E-state index in [1.165, 1.54) is 5.56 Å². The average Bonchev–Trinajstić information content (AvgIpc) is 2.26. The molecule has 0 heterocycles. The maximum atomic E-state index is 10.8. The van der Waals surface area contributed by atoms with Gasteiger partial charge in [-0.25, -0.2) is 4.79 Å². The predicted molar refractivity (Wildman–Crippen MR) is 85.7 cm³/mol. The van der Waals surface area contributed by atoms with Crippen LogP contribution in [0.25, 0.3) is 0 Å². The van der Waals surface area contributed by atoms with Gasteiger partial charge in [0.1, 0.15) is 0 Å². The van der Waals surface area contributed by atoms with Crippen LogP contribution in [0.2, 0.25) is 0 Å². The summed E-state index contributed by atoms with van der Waals surface area (Å²) >= 11 is 0. The number of hydrogen-bond acceptors (Lipinski definition) is 2. The number of benzene rings is 1. The van der Waals surface area contributed by atoms with E-state index < -0.39 is 0 Å². The first kappa shape index (κ1) is 16.7. The summed E-state index contributed by atoms with van der Waals surface area (Å²) in [5.74, 6) is 0.325. The normalized spacial score (nSPS) is 12.4. The van der Waals surface area contributed by atoms with Crippen LogP contribution in [0.3, 0.4) is 0 Å². The number of nitrogens with zero attached hydrogens (tertiary/aromatic N) is 1. The van der Waals surface area contributed by atoms with Crippen molar-refractivity contribution in [2.24, 2.45) is 4.99 Å². The van der Waals surface area contributed by atoms with Crippen LogP contribution >= 0.6 is 0 Å². The van der Waals surface area contributed by atoms with E-state index in [2.05, 4.69) is 72.5 Å². The Morgan fingerprint density at radius 1 is 1.00 bits per heavy atom. The fourth-order valence-corrected chi connectivity index (χ4v) is 2.27. The van der Waals surface area contributed by atoms with Gasteiger partial charge in [-0.2, -0.15) is 4.99 Å². The minimum Gasteiger partial charge on any atom is -0.211 e. The van der Waals surface area contributed by atoms with Crippen molar-refractivity contribution in [2.45, 2.75) is 72.1 Å². The van der Waals surface area contributed by atoms with Gasteiger partial charge in [0.15, 0.2) is 0 Å². The molecule has 0 saturated carbocycles. The van der Waals surface area contributed by atoms with E-state index in [0.29, 0.717) is 5.92 Å². The van der Waals surface area contributed by atoms with Gasteiger partial charge in [-0.1, -0.05) is 67.5 Å². The van der Waals surface area contributed by atoms with Crippen LogP contribution in [0, 0.1) is 0 Å².